The third-order valence-electron chi connectivity index (χ3n) is 6.66. The van der Waals surface area contributed by atoms with E-state index in [1.165, 1.54) is 5.56 Å². The number of hydrogen-bond acceptors (Lipinski definition) is 5. The molecular formula is C30H33N5OS. The van der Waals surface area contributed by atoms with Gasteiger partial charge < -0.3 is 5.32 Å². The van der Waals surface area contributed by atoms with Gasteiger partial charge >= 0.3 is 0 Å². The number of para-hydroxylation sites is 1. The zero-order valence-corrected chi connectivity index (χ0v) is 21.8. The summed E-state index contributed by atoms with van der Waals surface area (Å²) in [4.78, 5) is 15.1. The molecular weight excluding hydrogens is 478 g/mol. The smallest absolute Gasteiger partial charge is 0.220 e. The number of hydrogen-bond donors (Lipinski definition) is 1. The lowest BCUT2D eigenvalue weighted by atomic mass is 10.0. The highest BCUT2D eigenvalue weighted by Gasteiger charge is 2.21. The molecule has 5 rings (SSSR count). The zero-order valence-electron chi connectivity index (χ0n) is 21.0. The normalized spacial score (nSPS) is 14.5. The maximum Gasteiger partial charge on any atom is 0.220 e. The van der Waals surface area contributed by atoms with E-state index >= 15 is 0 Å². The quantitative estimate of drug-likeness (QED) is 0.222. The van der Waals surface area contributed by atoms with E-state index in [1.54, 1.807) is 11.8 Å². The Morgan fingerprint density at radius 2 is 1.51 bits per heavy atom. The van der Waals surface area contributed by atoms with Gasteiger partial charge in [0.2, 0.25) is 5.91 Å². The minimum Gasteiger partial charge on any atom is -0.353 e. The van der Waals surface area contributed by atoms with Gasteiger partial charge in [-0.1, -0.05) is 90.6 Å². The number of amides is 1. The van der Waals surface area contributed by atoms with Gasteiger partial charge in [0.25, 0.3) is 0 Å². The molecule has 37 heavy (non-hydrogen) atoms. The van der Waals surface area contributed by atoms with Crippen LogP contribution >= 0.6 is 11.8 Å². The summed E-state index contributed by atoms with van der Waals surface area (Å²) in [5, 5.41) is 13.1. The summed E-state index contributed by atoms with van der Waals surface area (Å²) < 4.78 is 2.10. The van der Waals surface area contributed by atoms with Gasteiger partial charge in [0.15, 0.2) is 11.0 Å². The number of carbonyl (C=O) groups is 1. The minimum atomic E-state index is 0.150. The molecule has 7 heteroatoms. The molecule has 0 bridgehead atoms. The molecule has 1 aliphatic heterocycles. The molecule has 0 radical (unpaired) electrons. The van der Waals surface area contributed by atoms with Crippen LogP contribution in [0.5, 0.6) is 0 Å². The molecule has 6 nitrogen and oxygen atoms in total. The van der Waals surface area contributed by atoms with Gasteiger partial charge in [0, 0.05) is 49.1 Å². The van der Waals surface area contributed by atoms with E-state index in [9.17, 15) is 4.79 Å². The van der Waals surface area contributed by atoms with Crippen molar-refractivity contribution >= 4 is 17.7 Å². The summed E-state index contributed by atoms with van der Waals surface area (Å²) in [5.41, 5.74) is 3.41. The molecule has 0 aliphatic carbocycles. The molecule has 190 valence electrons. The number of rotatable bonds is 10. The van der Waals surface area contributed by atoms with Crippen LogP contribution in [0.2, 0.25) is 0 Å². The number of piperidine rings is 1. The second-order valence-corrected chi connectivity index (χ2v) is 10.5. The lowest BCUT2D eigenvalue weighted by Gasteiger charge is -2.32. The fourth-order valence-corrected chi connectivity index (χ4v) is 5.61. The average Bonchev–Trinajstić information content (AvgIpc) is 3.38. The van der Waals surface area contributed by atoms with Crippen LogP contribution in [0.4, 0.5) is 0 Å². The van der Waals surface area contributed by atoms with E-state index in [2.05, 4.69) is 67.4 Å². The van der Waals surface area contributed by atoms with Gasteiger partial charge in [0.1, 0.15) is 0 Å². The SMILES string of the molecule is O=C(CCCSc1nnc(-c2ccccc2)n1-c1ccccc1)NC1CCN(Cc2ccccc2)CC1. The van der Waals surface area contributed by atoms with Gasteiger partial charge in [-0.3, -0.25) is 14.3 Å². The molecule has 3 aromatic carbocycles. The van der Waals surface area contributed by atoms with E-state index in [4.69, 9.17) is 0 Å². The van der Waals surface area contributed by atoms with Crippen molar-refractivity contribution in [2.45, 2.75) is 43.4 Å². The Kier molecular flexibility index (Phi) is 8.66. The highest BCUT2D eigenvalue weighted by Crippen LogP contribution is 2.28. The van der Waals surface area contributed by atoms with E-state index in [0.29, 0.717) is 6.42 Å². The lowest BCUT2D eigenvalue weighted by Crippen LogP contribution is -2.44. The second-order valence-electron chi connectivity index (χ2n) is 9.40. The molecule has 0 atom stereocenters. The number of aromatic nitrogens is 3. The predicted octanol–water partition coefficient (Wildman–Crippen LogP) is 5.59. The molecule has 4 aromatic rings. The lowest BCUT2D eigenvalue weighted by molar-refractivity contribution is -0.122. The van der Waals surface area contributed by atoms with E-state index in [0.717, 1.165) is 66.9 Å². The molecule has 2 heterocycles. The van der Waals surface area contributed by atoms with Crippen LogP contribution in [-0.2, 0) is 11.3 Å². The first kappa shape index (κ1) is 25.2. The van der Waals surface area contributed by atoms with Gasteiger partial charge in [-0.25, -0.2) is 0 Å². The van der Waals surface area contributed by atoms with Crippen molar-refractivity contribution in [2.75, 3.05) is 18.8 Å². The number of thioether (sulfide) groups is 1. The summed E-state index contributed by atoms with van der Waals surface area (Å²) in [6.07, 6.45) is 3.35. The van der Waals surface area contributed by atoms with Gasteiger partial charge in [-0.05, 0) is 37.0 Å². The maximum absolute atomic E-state index is 12.6. The number of benzene rings is 3. The highest BCUT2D eigenvalue weighted by atomic mass is 32.2. The fraction of sp³-hybridized carbons (Fsp3) is 0.300. The molecule has 1 aliphatic rings. The van der Waals surface area contributed by atoms with E-state index in [1.807, 2.05) is 48.5 Å². The number of carbonyl (C=O) groups excluding carboxylic acids is 1. The molecule has 1 fully saturated rings. The zero-order chi connectivity index (χ0) is 25.3. The maximum atomic E-state index is 12.6. The Bertz CT molecular complexity index is 1260. The van der Waals surface area contributed by atoms with Crippen molar-refractivity contribution in [3.05, 3.63) is 96.6 Å². The molecule has 1 N–H and O–H groups in total. The van der Waals surface area contributed by atoms with Gasteiger partial charge in [-0.15, -0.1) is 10.2 Å². The van der Waals surface area contributed by atoms with Crippen LogP contribution in [0, 0.1) is 0 Å². The van der Waals surface area contributed by atoms with Crippen LogP contribution in [-0.4, -0.2) is 50.5 Å². The molecule has 1 aromatic heterocycles. The summed E-state index contributed by atoms with van der Waals surface area (Å²) in [7, 11) is 0. The highest BCUT2D eigenvalue weighted by molar-refractivity contribution is 7.99. The number of nitrogens with zero attached hydrogens (tertiary/aromatic N) is 4. The molecule has 0 saturated carbocycles. The average molecular weight is 512 g/mol. The largest absolute Gasteiger partial charge is 0.353 e. The summed E-state index contributed by atoms with van der Waals surface area (Å²) in [6, 6.07) is 31.2. The molecule has 1 amide bonds. The van der Waals surface area contributed by atoms with Gasteiger partial charge in [0.05, 0.1) is 0 Å². The van der Waals surface area contributed by atoms with Crippen LogP contribution in [0.15, 0.2) is 96.2 Å². The third-order valence-corrected chi connectivity index (χ3v) is 7.68. The van der Waals surface area contributed by atoms with Crippen LogP contribution in [0.25, 0.3) is 17.1 Å². The van der Waals surface area contributed by atoms with Gasteiger partial charge in [-0.2, -0.15) is 0 Å². The Morgan fingerprint density at radius 1 is 0.865 bits per heavy atom. The van der Waals surface area contributed by atoms with Crippen molar-refractivity contribution in [3.8, 4) is 17.1 Å². The first-order chi connectivity index (χ1) is 18.3. The molecule has 0 unspecified atom stereocenters. The van der Waals surface area contributed by atoms with Crippen molar-refractivity contribution < 1.29 is 4.79 Å². The topological polar surface area (TPSA) is 63.1 Å². The first-order valence-electron chi connectivity index (χ1n) is 13.0. The van der Waals surface area contributed by atoms with Crippen molar-refractivity contribution in [1.82, 2.24) is 25.0 Å². The standard InChI is InChI=1S/C30H33N5OS/c36-28(31-26-18-20-34(21-19-26)23-24-11-4-1-5-12-24)17-10-22-37-30-33-32-29(25-13-6-2-7-14-25)35(30)27-15-8-3-9-16-27/h1-9,11-16,26H,10,17-23H2,(H,31,36). The monoisotopic (exact) mass is 511 g/mol. The van der Waals surface area contributed by atoms with E-state index < -0.39 is 0 Å². The van der Waals surface area contributed by atoms with Crippen LogP contribution in [0.1, 0.15) is 31.2 Å². The Labute approximate surface area is 223 Å². The summed E-state index contributed by atoms with van der Waals surface area (Å²) in [5.74, 6) is 1.78. The summed E-state index contributed by atoms with van der Waals surface area (Å²) in [6.45, 7) is 3.03. The fourth-order valence-electron chi connectivity index (χ4n) is 4.72. The minimum absolute atomic E-state index is 0.150. The van der Waals surface area contributed by atoms with Crippen molar-refractivity contribution in [1.29, 1.82) is 0 Å². The Hall–Kier alpha value is -3.42. The van der Waals surface area contributed by atoms with E-state index in [-0.39, 0.29) is 11.9 Å². The number of nitrogens with one attached hydrogen (secondary N) is 1. The predicted molar refractivity (Wildman–Crippen MR) is 150 cm³/mol. The molecule has 1 saturated heterocycles. The van der Waals surface area contributed by atoms with Crippen molar-refractivity contribution in [2.24, 2.45) is 0 Å². The van der Waals surface area contributed by atoms with Crippen LogP contribution < -0.4 is 5.32 Å². The first-order valence-corrected chi connectivity index (χ1v) is 14.0. The van der Waals surface area contributed by atoms with Crippen molar-refractivity contribution in [3.63, 3.8) is 0 Å². The second kappa shape index (κ2) is 12.7. The molecule has 0 spiro atoms. The Morgan fingerprint density at radius 3 is 2.22 bits per heavy atom. The number of likely N-dealkylation sites (tertiary alicyclic amines) is 1. The summed E-state index contributed by atoms with van der Waals surface area (Å²) >= 11 is 1.65. The van der Waals surface area contributed by atoms with Crippen LogP contribution in [0.3, 0.4) is 0 Å². The Balaban J connectivity index is 1.09. The third kappa shape index (κ3) is 6.87.